The molecule has 1 nitrogen and oxygen atoms in total. The highest BCUT2D eigenvalue weighted by Crippen LogP contribution is 2.39. The maximum atomic E-state index is 12.8. The van der Waals surface area contributed by atoms with Crippen LogP contribution in [0.4, 0.5) is 8.78 Å². The van der Waals surface area contributed by atoms with Crippen LogP contribution in [-0.4, -0.2) is 11.5 Å². The molecule has 1 saturated carbocycles. The fourth-order valence-corrected chi connectivity index (χ4v) is 1.69. The summed E-state index contributed by atoms with van der Waals surface area (Å²) in [4.78, 5) is 0. The second-order valence-electron chi connectivity index (χ2n) is 3.60. The molecule has 0 spiro atoms. The largest absolute Gasteiger partial charge is 0.325 e. The average molecular weight is 163 g/mol. The SMILES string of the molecule is CCC1(N)CCCC(F)(F)C1. The third-order valence-electron chi connectivity index (χ3n) is 2.53. The highest BCUT2D eigenvalue weighted by atomic mass is 19.3. The van der Waals surface area contributed by atoms with Crippen molar-refractivity contribution in [1.82, 2.24) is 0 Å². The fraction of sp³-hybridized carbons (Fsp3) is 1.00. The van der Waals surface area contributed by atoms with E-state index < -0.39 is 11.5 Å². The molecule has 0 amide bonds. The maximum absolute atomic E-state index is 12.8. The highest BCUT2D eigenvalue weighted by molar-refractivity contribution is 4.92. The molecule has 1 rings (SSSR count). The van der Waals surface area contributed by atoms with Crippen LogP contribution in [0.1, 0.15) is 39.0 Å². The van der Waals surface area contributed by atoms with E-state index in [1.54, 1.807) is 0 Å². The molecule has 66 valence electrons. The Kier molecular flexibility index (Phi) is 2.19. The molecule has 1 fully saturated rings. The zero-order valence-electron chi connectivity index (χ0n) is 6.87. The van der Waals surface area contributed by atoms with Gasteiger partial charge in [-0.2, -0.15) is 0 Å². The second kappa shape index (κ2) is 2.70. The number of nitrogens with two attached hydrogens (primary N) is 1. The third-order valence-corrected chi connectivity index (χ3v) is 2.53. The summed E-state index contributed by atoms with van der Waals surface area (Å²) in [5.74, 6) is -2.51. The first kappa shape index (κ1) is 8.91. The van der Waals surface area contributed by atoms with E-state index in [-0.39, 0.29) is 12.8 Å². The fourth-order valence-electron chi connectivity index (χ4n) is 1.69. The number of alkyl halides is 2. The summed E-state index contributed by atoms with van der Waals surface area (Å²) < 4.78 is 25.6. The number of halogens is 2. The summed E-state index contributed by atoms with van der Waals surface area (Å²) in [6.07, 6.45) is 1.86. The second-order valence-corrected chi connectivity index (χ2v) is 3.60. The molecule has 0 radical (unpaired) electrons. The first-order valence-electron chi connectivity index (χ1n) is 4.14. The molecule has 2 N–H and O–H groups in total. The molecule has 1 aliphatic rings. The molecule has 0 saturated heterocycles. The Morgan fingerprint density at radius 1 is 1.36 bits per heavy atom. The van der Waals surface area contributed by atoms with E-state index >= 15 is 0 Å². The molecule has 1 atom stereocenters. The summed E-state index contributed by atoms with van der Waals surface area (Å²) in [7, 11) is 0. The van der Waals surface area contributed by atoms with Crippen LogP contribution >= 0.6 is 0 Å². The Hall–Kier alpha value is -0.180. The molecule has 0 heterocycles. The van der Waals surface area contributed by atoms with Gasteiger partial charge in [0.15, 0.2) is 0 Å². The van der Waals surface area contributed by atoms with Gasteiger partial charge >= 0.3 is 0 Å². The third kappa shape index (κ3) is 2.12. The van der Waals surface area contributed by atoms with Crippen LogP contribution in [-0.2, 0) is 0 Å². The van der Waals surface area contributed by atoms with Crippen LogP contribution in [0.5, 0.6) is 0 Å². The number of rotatable bonds is 1. The predicted molar refractivity (Wildman–Crippen MR) is 40.6 cm³/mol. The Morgan fingerprint density at radius 2 is 2.00 bits per heavy atom. The van der Waals surface area contributed by atoms with E-state index in [0.29, 0.717) is 12.8 Å². The lowest BCUT2D eigenvalue weighted by molar-refractivity contribution is -0.0598. The molecule has 0 aromatic rings. The van der Waals surface area contributed by atoms with E-state index in [1.807, 2.05) is 6.92 Å². The van der Waals surface area contributed by atoms with E-state index in [0.717, 1.165) is 6.42 Å². The first-order chi connectivity index (χ1) is 4.97. The van der Waals surface area contributed by atoms with Gasteiger partial charge in [-0.1, -0.05) is 6.92 Å². The molecule has 3 heteroatoms. The number of hydrogen-bond donors (Lipinski definition) is 1. The highest BCUT2D eigenvalue weighted by Gasteiger charge is 2.42. The van der Waals surface area contributed by atoms with Crippen molar-refractivity contribution in [2.75, 3.05) is 0 Å². The smallest absolute Gasteiger partial charge is 0.249 e. The van der Waals surface area contributed by atoms with Gasteiger partial charge in [0.25, 0.3) is 0 Å². The zero-order chi connectivity index (χ0) is 8.54. The van der Waals surface area contributed by atoms with Gasteiger partial charge in [-0.25, -0.2) is 8.78 Å². The summed E-state index contributed by atoms with van der Waals surface area (Å²) in [5.41, 5.74) is 5.16. The molecular formula is C8H15F2N. The van der Waals surface area contributed by atoms with Crippen molar-refractivity contribution in [2.45, 2.75) is 50.5 Å². The summed E-state index contributed by atoms with van der Waals surface area (Å²) in [5, 5.41) is 0. The van der Waals surface area contributed by atoms with E-state index in [1.165, 1.54) is 0 Å². The Morgan fingerprint density at radius 3 is 2.36 bits per heavy atom. The zero-order valence-corrected chi connectivity index (χ0v) is 6.87. The van der Waals surface area contributed by atoms with Gasteiger partial charge in [0, 0.05) is 18.4 Å². The molecule has 0 aromatic carbocycles. The van der Waals surface area contributed by atoms with Gasteiger partial charge in [0.2, 0.25) is 5.92 Å². The van der Waals surface area contributed by atoms with E-state index in [2.05, 4.69) is 0 Å². The Bertz CT molecular complexity index is 147. The quantitative estimate of drug-likeness (QED) is 0.630. The molecule has 11 heavy (non-hydrogen) atoms. The van der Waals surface area contributed by atoms with Gasteiger partial charge in [0.1, 0.15) is 0 Å². The lowest BCUT2D eigenvalue weighted by Gasteiger charge is -2.36. The predicted octanol–water partition coefficient (Wildman–Crippen LogP) is 2.30. The minimum Gasteiger partial charge on any atom is -0.325 e. The van der Waals surface area contributed by atoms with Crippen molar-refractivity contribution >= 4 is 0 Å². The summed E-state index contributed by atoms with van der Waals surface area (Å²) in [6, 6.07) is 0. The van der Waals surface area contributed by atoms with Crippen molar-refractivity contribution in [3.05, 3.63) is 0 Å². The van der Waals surface area contributed by atoms with Gasteiger partial charge in [-0.05, 0) is 19.3 Å². The lowest BCUT2D eigenvalue weighted by atomic mass is 9.79. The van der Waals surface area contributed by atoms with E-state index in [9.17, 15) is 8.78 Å². The molecule has 1 aliphatic carbocycles. The molecule has 0 aromatic heterocycles. The summed E-state index contributed by atoms with van der Waals surface area (Å²) >= 11 is 0. The standard InChI is InChI=1S/C8H15F2N/c1-2-7(11)4-3-5-8(9,10)6-7/h2-6,11H2,1H3. The number of hydrogen-bond acceptors (Lipinski definition) is 1. The Labute approximate surface area is 66.0 Å². The van der Waals surface area contributed by atoms with Crippen molar-refractivity contribution in [2.24, 2.45) is 5.73 Å². The van der Waals surface area contributed by atoms with Crippen LogP contribution in [0.3, 0.4) is 0 Å². The van der Waals surface area contributed by atoms with Crippen molar-refractivity contribution < 1.29 is 8.78 Å². The van der Waals surface area contributed by atoms with Crippen LogP contribution in [0.15, 0.2) is 0 Å². The minimum absolute atomic E-state index is 0.0198. The molecular weight excluding hydrogens is 148 g/mol. The first-order valence-corrected chi connectivity index (χ1v) is 4.14. The van der Waals surface area contributed by atoms with Crippen LogP contribution in [0.2, 0.25) is 0 Å². The van der Waals surface area contributed by atoms with Crippen LogP contribution in [0, 0.1) is 0 Å². The summed E-state index contributed by atoms with van der Waals surface area (Å²) in [6.45, 7) is 1.88. The van der Waals surface area contributed by atoms with Gasteiger partial charge in [-0.3, -0.25) is 0 Å². The average Bonchev–Trinajstić information content (AvgIpc) is 1.85. The maximum Gasteiger partial charge on any atom is 0.249 e. The van der Waals surface area contributed by atoms with Crippen molar-refractivity contribution in [3.8, 4) is 0 Å². The molecule has 0 bridgehead atoms. The van der Waals surface area contributed by atoms with Gasteiger partial charge < -0.3 is 5.73 Å². The van der Waals surface area contributed by atoms with Gasteiger partial charge in [0.05, 0.1) is 0 Å². The van der Waals surface area contributed by atoms with Gasteiger partial charge in [-0.15, -0.1) is 0 Å². The molecule has 0 aliphatic heterocycles. The van der Waals surface area contributed by atoms with Crippen LogP contribution < -0.4 is 5.73 Å². The Balaban J connectivity index is 2.59. The minimum atomic E-state index is -2.51. The molecule has 1 unspecified atom stereocenters. The van der Waals surface area contributed by atoms with Crippen LogP contribution in [0.25, 0.3) is 0 Å². The lowest BCUT2D eigenvalue weighted by Crippen LogP contribution is -2.47. The normalized spacial score (nSPS) is 37.1. The van der Waals surface area contributed by atoms with Crippen molar-refractivity contribution in [1.29, 1.82) is 0 Å². The van der Waals surface area contributed by atoms with Crippen molar-refractivity contribution in [3.63, 3.8) is 0 Å². The van der Waals surface area contributed by atoms with E-state index in [4.69, 9.17) is 5.73 Å². The topological polar surface area (TPSA) is 26.0 Å². The monoisotopic (exact) mass is 163 g/mol.